The molecule has 0 bridgehead atoms. The van der Waals surface area contributed by atoms with Crippen LogP contribution >= 0.6 is 7.60 Å². The van der Waals surface area contributed by atoms with Gasteiger partial charge in [0.1, 0.15) is 6.10 Å². The molecule has 3 aromatic rings. The fourth-order valence-electron chi connectivity index (χ4n) is 2.42. The van der Waals surface area contributed by atoms with Gasteiger partial charge in [0.05, 0.1) is 0 Å². The summed E-state index contributed by atoms with van der Waals surface area (Å²) in [4.78, 5) is 0. The number of tetrazole rings is 1. The van der Waals surface area contributed by atoms with Crippen LogP contribution in [0.4, 0.5) is 0 Å². The number of nitrogens with two attached hydrogens (primary N) is 1. The van der Waals surface area contributed by atoms with Gasteiger partial charge in [0.15, 0.2) is 0 Å². The van der Waals surface area contributed by atoms with Crippen molar-refractivity contribution in [1.29, 1.82) is 0 Å². The van der Waals surface area contributed by atoms with Crippen molar-refractivity contribution in [2.45, 2.75) is 12.5 Å². The molecule has 0 aliphatic carbocycles. The second-order valence-electron chi connectivity index (χ2n) is 5.51. The highest BCUT2D eigenvalue weighted by atomic mass is 31.2. The van der Waals surface area contributed by atoms with Crippen molar-refractivity contribution in [3.05, 3.63) is 66.0 Å². The summed E-state index contributed by atoms with van der Waals surface area (Å²) in [6, 6.07) is 18.0. The summed E-state index contributed by atoms with van der Waals surface area (Å²) in [5.74, 6) is 5.32. The highest BCUT2D eigenvalue weighted by Gasteiger charge is 2.27. The molecule has 2 atom stereocenters. The van der Waals surface area contributed by atoms with Crippen LogP contribution in [0.3, 0.4) is 0 Å². The van der Waals surface area contributed by atoms with Crippen LogP contribution < -0.4 is 5.90 Å². The quantitative estimate of drug-likeness (QED) is 0.492. The Balaban J connectivity index is 1.79. The number of rotatable bonds is 7. The standard InChI is InChI=1S/C16H18N5O3P/c1-25(22,24-17)23-15(16-18-20-21-19-16)11-12-7-9-14(10-8-12)13-5-3-2-4-6-13/h2-10,15H,11,17H2,1H3,(H,18,19,20,21)/t15?,25-/m0/s1. The average Bonchev–Trinajstić information content (AvgIpc) is 3.17. The highest BCUT2D eigenvalue weighted by molar-refractivity contribution is 7.52. The number of benzene rings is 2. The molecule has 25 heavy (non-hydrogen) atoms. The molecule has 1 heterocycles. The maximum atomic E-state index is 12.1. The molecular weight excluding hydrogens is 341 g/mol. The van der Waals surface area contributed by atoms with Crippen molar-refractivity contribution in [1.82, 2.24) is 20.6 Å². The molecule has 3 N–H and O–H groups in total. The fourth-order valence-corrected chi connectivity index (χ4v) is 3.10. The molecule has 0 saturated heterocycles. The molecule has 0 amide bonds. The summed E-state index contributed by atoms with van der Waals surface area (Å²) < 4.78 is 22.0. The van der Waals surface area contributed by atoms with E-state index >= 15 is 0 Å². The Morgan fingerprint density at radius 2 is 1.80 bits per heavy atom. The normalized spacial score (nSPS) is 14.8. The minimum Gasteiger partial charge on any atom is -0.296 e. The summed E-state index contributed by atoms with van der Waals surface area (Å²) in [6.45, 7) is 1.29. The number of hydrogen-bond donors (Lipinski definition) is 2. The van der Waals surface area contributed by atoms with Gasteiger partial charge in [-0.3, -0.25) is 9.09 Å². The molecule has 2 aromatic carbocycles. The first kappa shape index (κ1) is 17.4. The van der Waals surface area contributed by atoms with Crippen LogP contribution in [0.15, 0.2) is 54.6 Å². The van der Waals surface area contributed by atoms with Gasteiger partial charge in [0.2, 0.25) is 5.82 Å². The van der Waals surface area contributed by atoms with E-state index in [0.29, 0.717) is 6.42 Å². The van der Waals surface area contributed by atoms with E-state index in [1.54, 1.807) is 0 Å². The minimum atomic E-state index is -3.41. The summed E-state index contributed by atoms with van der Waals surface area (Å²) in [5.41, 5.74) is 3.20. The minimum absolute atomic E-state index is 0.284. The maximum absolute atomic E-state index is 12.1. The molecule has 1 aromatic heterocycles. The predicted molar refractivity (Wildman–Crippen MR) is 92.4 cm³/mol. The van der Waals surface area contributed by atoms with Gasteiger partial charge in [0, 0.05) is 13.1 Å². The fraction of sp³-hybridized carbons (Fsp3) is 0.188. The summed E-state index contributed by atoms with van der Waals surface area (Å²) in [6.07, 6.45) is -0.295. The molecule has 0 aliphatic rings. The van der Waals surface area contributed by atoms with Crippen molar-refractivity contribution in [2.75, 3.05) is 6.66 Å². The zero-order valence-corrected chi connectivity index (χ0v) is 14.5. The Bertz CT molecular complexity index is 840. The van der Waals surface area contributed by atoms with Crippen molar-refractivity contribution in [3.8, 4) is 11.1 Å². The van der Waals surface area contributed by atoms with E-state index in [2.05, 4.69) is 25.2 Å². The Hall–Kier alpha value is -2.38. The zero-order chi connectivity index (χ0) is 17.7. The molecule has 0 radical (unpaired) electrons. The van der Waals surface area contributed by atoms with Crippen molar-refractivity contribution in [2.24, 2.45) is 5.90 Å². The van der Waals surface area contributed by atoms with E-state index in [-0.39, 0.29) is 5.82 Å². The van der Waals surface area contributed by atoms with Crippen LogP contribution in [0.1, 0.15) is 17.5 Å². The highest BCUT2D eigenvalue weighted by Crippen LogP contribution is 2.46. The van der Waals surface area contributed by atoms with Crippen LogP contribution in [-0.4, -0.2) is 27.3 Å². The number of aromatic amines is 1. The van der Waals surface area contributed by atoms with Gasteiger partial charge in [-0.15, -0.1) is 10.2 Å². The Labute approximate surface area is 144 Å². The van der Waals surface area contributed by atoms with Gasteiger partial charge in [-0.1, -0.05) is 59.8 Å². The first-order valence-electron chi connectivity index (χ1n) is 7.59. The predicted octanol–water partition coefficient (Wildman–Crippen LogP) is 2.88. The molecule has 0 saturated carbocycles. The van der Waals surface area contributed by atoms with Crippen LogP contribution in [0.5, 0.6) is 0 Å². The van der Waals surface area contributed by atoms with Crippen LogP contribution in [0.25, 0.3) is 11.1 Å². The summed E-state index contributed by atoms with van der Waals surface area (Å²) in [7, 11) is -3.41. The molecule has 130 valence electrons. The summed E-state index contributed by atoms with van der Waals surface area (Å²) >= 11 is 0. The van der Waals surface area contributed by atoms with Crippen LogP contribution in [0.2, 0.25) is 0 Å². The van der Waals surface area contributed by atoms with Crippen LogP contribution in [-0.2, 0) is 20.1 Å². The third-order valence-electron chi connectivity index (χ3n) is 3.64. The van der Waals surface area contributed by atoms with Crippen LogP contribution in [0, 0.1) is 0 Å². The molecule has 0 spiro atoms. The lowest BCUT2D eigenvalue weighted by Gasteiger charge is -2.18. The molecule has 3 rings (SSSR count). The van der Waals surface area contributed by atoms with E-state index in [4.69, 9.17) is 10.4 Å². The van der Waals surface area contributed by atoms with Crippen molar-refractivity contribution in [3.63, 3.8) is 0 Å². The Morgan fingerprint density at radius 3 is 2.40 bits per heavy atom. The van der Waals surface area contributed by atoms with E-state index in [0.717, 1.165) is 16.7 Å². The molecule has 1 unspecified atom stereocenters. The number of aromatic nitrogens is 4. The van der Waals surface area contributed by atoms with Crippen molar-refractivity contribution >= 4 is 7.60 Å². The van der Waals surface area contributed by atoms with Gasteiger partial charge >= 0.3 is 7.60 Å². The number of nitrogens with one attached hydrogen (secondary N) is 1. The van der Waals surface area contributed by atoms with Gasteiger partial charge in [-0.05, 0) is 16.7 Å². The zero-order valence-electron chi connectivity index (χ0n) is 13.6. The lowest BCUT2D eigenvalue weighted by Crippen LogP contribution is -2.11. The van der Waals surface area contributed by atoms with E-state index < -0.39 is 13.7 Å². The maximum Gasteiger partial charge on any atom is 0.344 e. The monoisotopic (exact) mass is 359 g/mol. The first-order valence-corrected chi connectivity index (χ1v) is 9.58. The van der Waals surface area contributed by atoms with Gasteiger partial charge in [0.25, 0.3) is 0 Å². The molecule has 0 aliphatic heterocycles. The molecule has 8 nitrogen and oxygen atoms in total. The smallest absolute Gasteiger partial charge is 0.296 e. The lowest BCUT2D eigenvalue weighted by molar-refractivity contribution is 0.145. The van der Waals surface area contributed by atoms with E-state index in [1.165, 1.54) is 6.66 Å². The summed E-state index contributed by atoms with van der Waals surface area (Å²) in [5, 5.41) is 13.7. The Morgan fingerprint density at radius 1 is 1.12 bits per heavy atom. The van der Waals surface area contributed by atoms with Crippen molar-refractivity contribution < 1.29 is 13.7 Å². The topological polar surface area (TPSA) is 116 Å². The van der Waals surface area contributed by atoms with Gasteiger partial charge in [-0.25, -0.2) is 10.5 Å². The lowest BCUT2D eigenvalue weighted by atomic mass is 10.0. The van der Waals surface area contributed by atoms with E-state index in [9.17, 15) is 4.57 Å². The SMILES string of the molecule is C[P@@](=O)(ON)OC(Cc1ccc(-c2ccccc2)cc1)c1nn[nH]n1. The Kier molecular flexibility index (Phi) is 5.35. The largest absolute Gasteiger partial charge is 0.344 e. The molecule has 9 heteroatoms. The second-order valence-corrected chi connectivity index (χ2v) is 7.47. The third-order valence-corrected chi connectivity index (χ3v) is 4.66. The average molecular weight is 359 g/mol. The first-order chi connectivity index (χ1) is 12.1. The second kappa shape index (κ2) is 7.67. The van der Waals surface area contributed by atoms with Gasteiger partial charge in [-0.2, -0.15) is 5.21 Å². The number of nitrogens with zero attached hydrogens (tertiary/aromatic N) is 3. The van der Waals surface area contributed by atoms with Gasteiger partial charge < -0.3 is 0 Å². The number of hydrogen-bond acceptors (Lipinski definition) is 7. The van der Waals surface area contributed by atoms with E-state index in [1.807, 2.05) is 54.6 Å². The third kappa shape index (κ3) is 4.58. The number of H-pyrrole nitrogens is 1. The molecule has 0 fully saturated rings. The molecular formula is C16H18N5O3P.